The molecule has 0 unspecified atom stereocenters. The largest absolute Gasteiger partial charge is 0.497 e. The smallest absolute Gasteiger partial charge is 0.272 e. The van der Waals surface area contributed by atoms with Gasteiger partial charge >= 0.3 is 0 Å². The third-order valence-electron chi connectivity index (χ3n) is 3.92. The molecule has 0 saturated carbocycles. The number of ether oxygens (including phenoxy) is 2. The summed E-state index contributed by atoms with van der Waals surface area (Å²) >= 11 is 0. The van der Waals surface area contributed by atoms with Gasteiger partial charge in [-0.05, 0) is 24.3 Å². The van der Waals surface area contributed by atoms with Crippen LogP contribution in [0.25, 0.3) is 0 Å². The maximum atomic E-state index is 12.5. The average Bonchev–Trinajstić information content (AvgIpc) is 3.34. The second-order valence-corrected chi connectivity index (χ2v) is 5.63. The van der Waals surface area contributed by atoms with Crippen LogP contribution in [0.2, 0.25) is 0 Å². The normalized spacial score (nSPS) is 10.9. The van der Waals surface area contributed by atoms with Gasteiger partial charge in [-0.3, -0.25) is 14.5 Å². The zero-order valence-electron chi connectivity index (χ0n) is 15.3. The molecule has 2 heterocycles. The summed E-state index contributed by atoms with van der Waals surface area (Å²) in [7, 11) is 4.85. The summed E-state index contributed by atoms with van der Waals surface area (Å²) in [6, 6.07) is 8.96. The van der Waals surface area contributed by atoms with E-state index in [9.17, 15) is 4.79 Å². The molecule has 140 valence electrons. The van der Waals surface area contributed by atoms with Crippen molar-refractivity contribution in [2.75, 3.05) is 14.2 Å². The summed E-state index contributed by atoms with van der Waals surface area (Å²) in [6.07, 6.45) is 4.72. The van der Waals surface area contributed by atoms with E-state index in [4.69, 9.17) is 13.9 Å². The van der Waals surface area contributed by atoms with E-state index in [1.807, 2.05) is 12.1 Å². The van der Waals surface area contributed by atoms with Gasteiger partial charge in [0.2, 0.25) is 0 Å². The molecule has 0 aliphatic heterocycles. The van der Waals surface area contributed by atoms with E-state index in [0.717, 1.165) is 5.56 Å². The molecular weight excluding hydrogens is 348 g/mol. The molecular formula is C19H20N4O4. The molecule has 1 aromatic carbocycles. The van der Waals surface area contributed by atoms with Crippen LogP contribution >= 0.6 is 0 Å². The highest BCUT2D eigenvalue weighted by Crippen LogP contribution is 2.24. The molecule has 1 N–H and O–H groups in total. The third kappa shape index (κ3) is 4.17. The first-order valence-corrected chi connectivity index (χ1v) is 8.21. The molecule has 0 radical (unpaired) electrons. The van der Waals surface area contributed by atoms with Gasteiger partial charge in [-0.25, -0.2) is 0 Å². The number of carbonyl (C=O) groups excluding carboxylic acids is 1. The molecule has 0 bridgehead atoms. The van der Waals surface area contributed by atoms with Crippen molar-refractivity contribution in [2.24, 2.45) is 12.0 Å². The first-order chi connectivity index (χ1) is 13.1. The Kier molecular flexibility index (Phi) is 5.55. The highest BCUT2D eigenvalue weighted by Gasteiger charge is 2.16. The number of aryl methyl sites for hydroxylation is 1. The SMILES string of the molecule is COc1ccc(C=Nc2cnn(C)c2C(=O)NCc2ccco2)c(OC)c1. The number of hydrogen-bond donors (Lipinski definition) is 1. The Bertz CT molecular complexity index is 945. The van der Waals surface area contributed by atoms with E-state index >= 15 is 0 Å². The molecule has 0 fully saturated rings. The average molecular weight is 368 g/mol. The number of rotatable bonds is 7. The van der Waals surface area contributed by atoms with Crippen LogP contribution in [-0.4, -0.2) is 36.1 Å². The number of carbonyl (C=O) groups is 1. The van der Waals surface area contributed by atoms with Crippen LogP contribution in [0.5, 0.6) is 11.5 Å². The van der Waals surface area contributed by atoms with E-state index in [2.05, 4.69) is 15.4 Å². The molecule has 3 aromatic rings. The van der Waals surface area contributed by atoms with Gasteiger partial charge in [0.05, 0.1) is 33.2 Å². The molecule has 8 nitrogen and oxygen atoms in total. The van der Waals surface area contributed by atoms with Crippen LogP contribution in [0, 0.1) is 0 Å². The zero-order chi connectivity index (χ0) is 19.2. The van der Waals surface area contributed by atoms with E-state index < -0.39 is 0 Å². The van der Waals surface area contributed by atoms with Crippen LogP contribution < -0.4 is 14.8 Å². The van der Waals surface area contributed by atoms with Crippen LogP contribution in [0.1, 0.15) is 21.8 Å². The standard InChI is InChI=1S/C19H20N4O4/c1-23-18(19(24)21-11-15-5-4-8-27-15)16(12-22-23)20-10-13-6-7-14(25-2)9-17(13)26-3/h4-10,12H,11H2,1-3H3,(H,21,24). The molecule has 0 spiro atoms. The topological polar surface area (TPSA) is 90.9 Å². The van der Waals surface area contributed by atoms with E-state index in [1.165, 1.54) is 10.9 Å². The minimum atomic E-state index is -0.291. The zero-order valence-corrected chi connectivity index (χ0v) is 15.3. The number of hydrogen-bond acceptors (Lipinski definition) is 6. The lowest BCUT2D eigenvalue weighted by atomic mass is 10.2. The molecule has 2 aromatic heterocycles. The highest BCUT2D eigenvalue weighted by molar-refractivity contribution is 5.98. The van der Waals surface area contributed by atoms with Gasteiger partial charge in [0.15, 0.2) is 5.69 Å². The van der Waals surface area contributed by atoms with E-state index in [1.54, 1.807) is 51.9 Å². The number of benzene rings is 1. The van der Waals surface area contributed by atoms with Crippen molar-refractivity contribution in [1.29, 1.82) is 0 Å². The monoisotopic (exact) mass is 368 g/mol. The fourth-order valence-electron chi connectivity index (χ4n) is 2.51. The number of nitrogens with zero attached hydrogens (tertiary/aromatic N) is 3. The van der Waals surface area contributed by atoms with Gasteiger partial charge in [-0.2, -0.15) is 5.10 Å². The Hall–Kier alpha value is -3.55. The quantitative estimate of drug-likeness (QED) is 0.648. The summed E-state index contributed by atoms with van der Waals surface area (Å²) in [5.74, 6) is 1.67. The summed E-state index contributed by atoms with van der Waals surface area (Å²) in [5.41, 5.74) is 1.56. The third-order valence-corrected chi connectivity index (χ3v) is 3.92. The molecule has 0 atom stereocenters. The number of aromatic nitrogens is 2. The van der Waals surface area contributed by atoms with Crippen LogP contribution in [0.15, 0.2) is 52.2 Å². The second kappa shape index (κ2) is 8.22. The van der Waals surface area contributed by atoms with Crippen LogP contribution in [0.4, 0.5) is 5.69 Å². The van der Waals surface area contributed by atoms with Crippen molar-refractivity contribution < 1.29 is 18.7 Å². The highest BCUT2D eigenvalue weighted by atomic mass is 16.5. The lowest BCUT2D eigenvalue weighted by Crippen LogP contribution is -2.25. The number of methoxy groups -OCH3 is 2. The Morgan fingerprint density at radius 1 is 1.33 bits per heavy atom. The van der Waals surface area contributed by atoms with E-state index in [0.29, 0.717) is 28.6 Å². The fraction of sp³-hybridized carbons (Fsp3) is 0.211. The number of nitrogens with one attached hydrogen (secondary N) is 1. The minimum absolute atomic E-state index is 0.284. The first-order valence-electron chi connectivity index (χ1n) is 8.21. The summed E-state index contributed by atoms with van der Waals surface area (Å²) in [6.45, 7) is 0.284. The maximum Gasteiger partial charge on any atom is 0.272 e. The van der Waals surface area contributed by atoms with Gasteiger partial charge in [0, 0.05) is 24.9 Å². The minimum Gasteiger partial charge on any atom is -0.497 e. The Morgan fingerprint density at radius 2 is 2.19 bits per heavy atom. The fourth-order valence-corrected chi connectivity index (χ4v) is 2.51. The van der Waals surface area contributed by atoms with Crippen molar-refractivity contribution in [2.45, 2.75) is 6.54 Å². The Balaban J connectivity index is 1.80. The van der Waals surface area contributed by atoms with Crippen molar-refractivity contribution in [3.8, 4) is 11.5 Å². The number of aliphatic imine (C=N–C) groups is 1. The maximum absolute atomic E-state index is 12.5. The predicted molar refractivity (Wildman–Crippen MR) is 99.9 cm³/mol. The van der Waals surface area contributed by atoms with Gasteiger partial charge < -0.3 is 19.2 Å². The number of furan rings is 1. The molecule has 1 amide bonds. The molecule has 27 heavy (non-hydrogen) atoms. The second-order valence-electron chi connectivity index (χ2n) is 5.63. The lowest BCUT2D eigenvalue weighted by molar-refractivity contribution is 0.0939. The van der Waals surface area contributed by atoms with Crippen molar-refractivity contribution in [1.82, 2.24) is 15.1 Å². The Morgan fingerprint density at radius 3 is 2.89 bits per heavy atom. The Labute approximate surface area is 156 Å². The lowest BCUT2D eigenvalue weighted by Gasteiger charge is -2.07. The molecule has 8 heteroatoms. The van der Waals surface area contributed by atoms with Crippen LogP contribution in [0.3, 0.4) is 0 Å². The van der Waals surface area contributed by atoms with Crippen LogP contribution in [-0.2, 0) is 13.6 Å². The van der Waals surface area contributed by atoms with E-state index in [-0.39, 0.29) is 12.5 Å². The van der Waals surface area contributed by atoms with Gasteiger partial charge in [0.1, 0.15) is 22.9 Å². The van der Waals surface area contributed by atoms with Gasteiger partial charge in [0.25, 0.3) is 5.91 Å². The predicted octanol–water partition coefficient (Wildman–Crippen LogP) is 2.71. The molecule has 0 aliphatic rings. The molecule has 3 rings (SSSR count). The first kappa shape index (κ1) is 18.2. The van der Waals surface area contributed by atoms with Crippen molar-refractivity contribution >= 4 is 17.8 Å². The van der Waals surface area contributed by atoms with Gasteiger partial charge in [-0.15, -0.1) is 0 Å². The summed E-state index contributed by atoms with van der Waals surface area (Å²) in [4.78, 5) is 16.9. The van der Waals surface area contributed by atoms with Crippen molar-refractivity contribution in [3.63, 3.8) is 0 Å². The summed E-state index contributed by atoms with van der Waals surface area (Å²) in [5, 5.41) is 6.93. The number of amides is 1. The summed E-state index contributed by atoms with van der Waals surface area (Å²) < 4.78 is 17.2. The van der Waals surface area contributed by atoms with Crippen molar-refractivity contribution in [3.05, 3.63) is 59.8 Å². The van der Waals surface area contributed by atoms with Gasteiger partial charge in [-0.1, -0.05) is 0 Å². The molecule has 0 saturated heterocycles. The molecule has 0 aliphatic carbocycles.